The molecule has 104 valence electrons. The molecule has 0 spiro atoms. The summed E-state index contributed by atoms with van der Waals surface area (Å²) in [5.41, 5.74) is 1.35. The fourth-order valence-electron chi connectivity index (χ4n) is 3.22. The first-order valence-electron chi connectivity index (χ1n) is 7.29. The maximum absolute atomic E-state index is 12.3. The third-order valence-electron chi connectivity index (χ3n) is 4.15. The van der Waals surface area contributed by atoms with Crippen LogP contribution in [-0.2, 0) is 9.84 Å². The molecule has 0 saturated carbocycles. The molecular weight excluding hydrogens is 246 g/mol. The van der Waals surface area contributed by atoms with E-state index in [2.05, 4.69) is 18.3 Å². The topological polar surface area (TPSA) is 46.2 Å². The summed E-state index contributed by atoms with van der Waals surface area (Å²) in [5.74, 6) is 0.382. The van der Waals surface area contributed by atoms with Crippen LogP contribution in [-0.4, -0.2) is 32.0 Å². The van der Waals surface area contributed by atoms with E-state index in [-0.39, 0.29) is 11.3 Å². The first-order valence-corrected chi connectivity index (χ1v) is 9.00. The van der Waals surface area contributed by atoms with Gasteiger partial charge in [-0.2, -0.15) is 0 Å². The van der Waals surface area contributed by atoms with Crippen molar-refractivity contribution in [1.29, 1.82) is 0 Å². The molecule has 2 aliphatic rings. The molecule has 1 aliphatic carbocycles. The molecule has 2 atom stereocenters. The van der Waals surface area contributed by atoms with E-state index in [1.165, 1.54) is 18.4 Å². The van der Waals surface area contributed by atoms with Gasteiger partial charge in [0.05, 0.1) is 11.0 Å². The SMILES string of the molecule is CCNC(C1=CCCCC1)C1CCCCS1(=O)=O. The normalized spacial score (nSPS) is 29.6. The zero-order valence-electron chi connectivity index (χ0n) is 11.3. The molecule has 1 heterocycles. The van der Waals surface area contributed by atoms with Crippen LogP contribution in [0.3, 0.4) is 0 Å². The molecule has 1 fully saturated rings. The summed E-state index contributed by atoms with van der Waals surface area (Å²) in [5, 5.41) is 3.25. The third-order valence-corrected chi connectivity index (χ3v) is 6.44. The molecule has 0 radical (unpaired) electrons. The van der Waals surface area contributed by atoms with Crippen LogP contribution in [0.4, 0.5) is 0 Å². The molecule has 18 heavy (non-hydrogen) atoms. The average molecular weight is 271 g/mol. The minimum absolute atomic E-state index is 0.0700. The largest absolute Gasteiger partial charge is 0.309 e. The number of likely N-dealkylation sites (N-methyl/N-ethyl adjacent to an activating group) is 1. The smallest absolute Gasteiger partial charge is 0.155 e. The molecule has 0 aromatic rings. The van der Waals surface area contributed by atoms with Crippen molar-refractivity contribution in [2.75, 3.05) is 12.3 Å². The lowest BCUT2D eigenvalue weighted by atomic mass is 9.90. The molecule has 2 rings (SSSR count). The van der Waals surface area contributed by atoms with Gasteiger partial charge in [0.2, 0.25) is 0 Å². The molecule has 1 saturated heterocycles. The highest BCUT2D eigenvalue weighted by atomic mass is 32.2. The summed E-state index contributed by atoms with van der Waals surface area (Å²) in [6.45, 7) is 2.90. The van der Waals surface area contributed by atoms with Crippen LogP contribution >= 0.6 is 0 Å². The second-order valence-electron chi connectivity index (χ2n) is 5.46. The van der Waals surface area contributed by atoms with Crippen molar-refractivity contribution in [3.05, 3.63) is 11.6 Å². The molecule has 1 N–H and O–H groups in total. The molecule has 0 amide bonds. The third kappa shape index (κ3) is 3.15. The van der Waals surface area contributed by atoms with Gasteiger partial charge in [-0.3, -0.25) is 0 Å². The van der Waals surface area contributed by atoms with E-state index in [1.54, 1.807) is 0 Å². The lowest BCUT2D eigenvalue weighted by molar-refractivity contribution is 0.461. The Morgan fingerprint density at radius 2 is 2.17 bits per heavy atom. The van der Waals surface area contributed by atoms with E-state index in [9.17, 15) is 8.42 Å². The molecule has 3 nitrogen and oxygen atoms in total. The van der Waals surface area contributed by atoms with Crippen molar-refractivity contribution in [2.24, 2.45) is 0 Å². The minimum atomic E-state index is -2.90. The predicted octanol–water partition coefficient (Wildman–Crippen LogP) is 2.43. The maximum Gasteiger partial charge on any atom is 0.155 e. The Hall–Kier alpha value is -0.350. The van der Waals surface area contributed by atoms with Gasteiger partial charge in [-0.05, 0) is 45.1 Å². The van der Waals surface area contributed by atoms with Crippen LogP contribution in [0.15, 0.2) is 11.6 Å². The number of rotatable bonds is 4. The lowest BCUT2D eigenvalue weighted by Crippen LogP contribution is -2.48. The standard InChI is InChI=1S/C14H25NO2S/c1-2-15-14(12-8-4-3-5-9-12)13-10-6-7-11-18(13,16)17/h8,13-15H,2-7,9-11H2,1H3. The molecule has 0 aromatic carbocycles. The highest BCUT2D eigenvalue weighted by Gasteiger charge is 2.36. The summed E-state index contributed by atoms with van der Waals surface area (Å²) in [6.07, 6.45) is 9.65. The fourth-order valence-corrected chi connectivity index (χ4v) is 5.34. The minimum Gasteiger partial charge on any atom is -0.309 e. The fraction of sp³-hybridized carbons (Fsp3) is 0.857. The highest BCUT2D eigenvalue weighted by Crippen LogP contribution is 2.29. The Bertz CT molecular complexity index is 400. The number of sulfone groups is 1. The summed E-state index contributed by atoms with van der Waals surface area (Å²) < 4.78 is 24.5. The Balaban J connectivity index is 2.20. The number of nitrogens with one attached hydrogen (secondary N) is 1. The first-order chi connectivity index (χ1) is 8.65. The van der Waals surface area contributed by atoms with Gasteiger partial charge in [0.15, 0.2) is 9.84 Å². The van der Waals surface area contributed by atoms with Crippen LogP contribution in [0, 0.1) is 0 Å². The van der Waals surface area contributed by atoms with Gasteiger partial charge in [0, 0.05) is 6.04 Å². The van der Waals surface area contributed by atoms with Gasteiger partial charge in [0.25, 0.3) is 0 Å². The van der Waals surface area contributed by atoms with E-state index < -0.39 is 9.84 Å². The second-order valence-corrected chi connectivity index (χ2v) is 7.80. The van der Waals surface area contributed by atoms with Crippen LogP contribution in [0.25, 0.3) is 0 Å². The van der Waals surface area contributed by atoms with Gasteiger partial charge >= 0.3 is 0 Å². The van der Waals surface area contributed by atoms with Gasteiger partial charge in [-0.1, -0.05) is 25.0 Å². The zero-order valence-corrected chi connectivity index (χ0v) is 12.1. The van der Waals surface area contributed by atoms with Crippen molar-refractivity contribution in [2.45, 2.75) is 63.2 Å². The van der Waals surface area contributed by atoms with Crippen molar-refractivity contribution >= 4 is 9.84 Å². The maximum atomic E-state index is 12.3. The molecule has 4 heteroatoms. The van der Waals surface area contributed by atoms with Crippen molar-refractivity contribution in [1.82, 2.24) is 5.32 Å². The second kappa shape index (κ2) is 6.20. The highest BCUT2D eigenvalue weighted by molar-refractivity contribution is 7.92. The number of hydrogen-bond acceptors (Lipinski definition) is 3. The zero-order chi connectivity index (χ0) is 13.0. The van der Waals surface area contributed by atoms with Gasteiger partial charge in [-0.25, -0.2) is 8.42 Å². The molecular formula is C14H25NO2S. The lowest BCUT2D eigenvalue weighted by Gasteiger charge is -2.33. The first kappa shape index (κ1) is 14.1. The van der Waals surface area contributed by atoms with Crippen LogP contribution in [0.5, 0.6) is 0 Å². The Morgan fingerprint density at radius 1 is 1.33 bits per heavy atom. The van der Waals surface area contributed by atoms with E-state index >= 15 is 0 Å². The van der Waals surface area contributed by atoms with Crippen molar-refractivity contribution in [3.63, 3.8) is 0 Å². The van der Waals surface area contributed by atoms with Crippen molar-refractivity contribution < 1.29 is 8.42 Å². The van der Waals surface area contributed by atoms with Gasteiger partial charge < -0.3 is 5.32 Å². The van der Waals surface area contributed by atoms with E-state index in [0.29, 0.717) is 5.75 Å². The van der Waals surface area contributed by atoms with Crippen LogP contribution < -0.4 is 5.32 Å². The Labute approximate surface area is 111 Å². The summed E-state index contributed by atoms with van der Waals surface area (Å²) >= 11 is 0. The Kier molecular flexibility index (Phi) is 4.84. The average Bonchev–Trinajstić information content (AvgIpc) is 2.37. The summed E-state index contributed by atoms with van der Waals surface area (Å²) in [4.78, 5) is 0. The van der Waals surface area contributed by atoms with Crippen LogP contribution in [0.1, 0.15) is 51.9 Å². The predicted molar refractivity (Wildman–Crippen MR) is 75.4 cm³/mol. The number of allylic oxidation sites excluding steroid dienone is 1. The van der Waals surface area contributed by atoms with Crippen LogP contribution in [0.2, 0.25) is 0 Å². The van der Waals surface area contributed by atoms with Gasteiger partial charge in [0.1, 0.15) is 0 Å². The van der Waals surface area contributed by atoms with E-state index in [1.807, 2.05) is 0 Å². The van der Waals surface area contributed by atoms with Crippen molar-refractivity contribution in [3.8, 4) is 0 Å². The van der Waals surface area contributed by atoms with E-state index in [4.69, 9.17) is 0 Å². The molecule has 2 unspecified atom stereocenters. The summed E-state index contributed by atoms with van der Waals surface area (Å²) in [7, 11) is -2.90. The Morgan fingerprint density at radius 3 is 2.78 bits per heavy atom. The number of hydrogen-bond donors (Lipinski definition) is 1. The molecule has 0 aromatic heterocycles. The molecule has 1 aliphatic heterocycles. The van der Waals surface area contributed by atoms with E-state index in [0.717, 1.165) is 38.6 Å². The summed E-state index contributed by atoms with van der Waals surface area (Å²) in [6, 6.07) is 0.0700. The molecule has 0 bridgehead atoms. The monoisotopic (exact) mass is 271 g/mol. The quantitative estimate of drug-likeness (QED) is 0.799. The van der Waals surface area contributed by atoms with Gasteiger partial charge in [-0.15, -0.1) is 0 Å².